The first kappa shape index (κ1) is 23.3. The van der Waals surface area contributed by atoms with Gasteiger partial charge in [-0.15, -0.1) is 0 Å². The molecule has 0 saturated carbocycles. The van der Waals surface area contributed by atoms with Crippen molar-refractivity contribution >= 4 is 43.1 Å². The molecule has 0 aliphatic heterocycles. The zero-order chi connectivity index (χ0) is 23.9. The van der Waals surface area contributed by atoms with Gasteiger partial charge in [0.1, 0.15) is 5.75 Å². The van der Waals surface area contributed by atoms with Crippen LogP contribution in [-0.2, 0) is 0 Å². The lowest BCUT2D eigenvalue weighted by atomic mass is 10.3. The van der Waals surface area contributed by atoms with Gasteiger partial charge in [-0.05, 0) is 24.3 Å². The van der Waals surface area contributed by atoms with E-state index in [2.05, 4.69) is 150 Å². The minimum atomic E-state index is -0.870. The van der Waals surface area contributed by atoms with Gasteiger partial charge in [0.25, 0.3) is 0 Å². The Balaban J connectivity index is 1.78. The highest BCUT2D eigenvalue weighted by Gasteiger charge is 2.32. The van der Waals surface area contributed by atoms with Gasteiger partial charge in [0.2, 0.25) is 0 Å². The number of ether oxygens (including phenoxy) is 1. The van der Waals surface area contributed by atoms with Gasteiger partial charge in [-0.25, -0.2) is 0 Å². The number of hydrogen-bond acceptors (Lipinski definition) is 2. The van der Waals surface area contributed by atoms with Crippen molar-refractivity contribution in [3.8, 4) is 5.75 Å². The van der Waals surface area contributed by atoms with E-state index in [9.17, 15) is 0 Å². The lowest BCUT2D eigenvalue weighted by Gasteiger charge is -2.40. The van der Waals surface area contributed by atoms with Crippen LogP contribution in [0.3, 0.4) is 0 Å². The first-order chi connectivity index (χ1) is 17.3. The zero-order valence-corrected chi connectivity index (χ0v) is 21.4. The first-order valence-corrected chi connectivity index (χ1v) is 14.2. The molecule has 2 nitrogen and oxygen atoms in total. The van der Waals surface area contributed by atoms with Gasteiger partial charge in [-0.3, -0.25) is 0 Å². The van der Waals surface area contributed by atoms with Crippen molar-refractivity contribution in [1.29, 1.82) is 0 Å². The van der Waals surface area contributed by atoms with Gasteiger partial charge in [-0.1, -0.05) is 121 Å². The second kappa shape index (κ2) is 11.3. The van der Waals surface area contributed by atoms with Crippen molar-refractivity contribution in [2.75, 3.05) is 11.6 Å². The predicted molar refractivity (Wildman–Crippen MR) is 154 cm³/mol. The van der Waals surface area contributed by atoms with Gasteiger partial charge in [0, 0.05) is 26.9 Å². The molecule has 0 unspecified atom stereocenters. The Bertz CT molecular complexity index is 1150. The van der Waals surface area contributed by atoms with Crippen LogP contribution in [0.4, 0.5) is 5.69 Å². The molecule has 5 rings (SSSR count). The molecule has 0 aromatic heterocycles. The number of benzene rings is 5. The topological polar surface area (TPSA) is 12.5 Å². The number of anilines is 1. The summed E-state index contributed by atoms with van der Waals surface area (Å²) < 4.78 is 8.17. The van der Waals surface area contributed by atoms with E-state index < -0.39 is 16.1 Å². The maximum absolute atomic E-state index is 5.50. The predicted octanol–water partition coefficient (Wildman–Crippen LogP) is 6.60. The largest absolute Gasteiger partial charge is 0.497 e. The summed E-state index contributed by atoms with van der Waals surface area (Å²) in [4.78, 5) is 0. The van der Waals surface area contributed by atoms with Crippen LogP contribution in [0, 0.1) is 0 Å². The van der Waals surface area contributed by atoms with Crippen LogP contribution in [0.25, 0.3) is 0 Å². The molecule has 35 heavy (non-hydrogen) atoms. The average Bonchev–Trinajstić information content (AvgIpc) is 2.95. The van der Waals surface area contributed by atoms with E-state index in [1.165, 1.54) is 26.9 Å². The van der Waals surface area contributed by atoms with Gasteiger partial charge in [0.15, 0.2) is 0 Å². The highest BCUT2D eigenvalue weighted by molar-refractivity contribution is 7.90. The van der Waals surface area contributed by atoms with Crippen molar-refractivity contribution in [3.63, 3.8) is 0 Å². The molecule has 0 N–H and O–H groups in total. The number of hydrogen-bond donors (Lipinski definition) is 0. The third-order valence-electron chi connectivity index (χ3n) is 5.69. The lowest BCUT2D eigenvalue weighted by Crippen LogP contribution is -2.31. The SMILES string of the molecule is COc1ccc(N(P(c2ccccc2)c2ccccc2)P(c2ccccc2)c2ccccc2)cc1. The van der Waals surface area contributed by atoms with E-state index in [1.807, 2.05) is 0 Å². The normalized spacial score (nSPS) is 10.9. The molecular formula is C31H27NOP2. The van der Waals surface area contributed by atoms with Crippen LogP contribution in [0.5, 0.6) is 5.75 Å². The average molecular weight is 492 g/mol. The van der Waals surface area contributed by atoms with E-state index in [-0.39, 0.29) is 0 Å². The van der Waals surface area contributed by atoms with Crippen molar-refractivity contribution in [3.05, 3.63) is 146 Å². The Hall–Kier alpha value is -3.44. The molecule has 172 valence electrons. The standard InChI is InChI=1S/C31H27NOP2/c1-33-27-24-22-26(23-25-27)32(34(28-14-6-2-7-15-28)29-16-8-3-9-17-29)35(30-18-10-4-11-19-30)31-20-12-5-13-21-31/h2-25H,1H3. The summed E-state index contributed by atoms with van der Waals surface area (Å²) in [5.74, 6) is 0.862. The second-order valence-electron chi connectivity index (χ2n) is 7.95. The molecule has 0 saturated heterocycles. The summed E-state index contributed by atoms with van der Waals surface area (Å²) in [6, 6.07) is 52.2. The minimum absolute atomic E-state index is 0.862. The number of rotatable bonds is 8. The van der Waals surface area contributed by atoms with Crippen LogP contribution in [0.1, 0.15) is 0 Å². The summed E-state index contributed by atoms with van der Waals surface area (Å²) in [7, 11) is -0.0229. The molecule has 0 spiro atoms. The van der Waals surface area contributed by atoms with Gasteiger partial charge < -0.3 is 9.18 Å². The summed E-state index contributed by atoms with van der Waals surface area (Å²) >= 11 is 0. The zero-order valence-electron chi connectivity index (χ0n) is 19.6. The van der Waals surface area contributed by atoms with E-state index in [0.29, 0.717) is 0 Å². The molecule has 4 heteroatoms. The van der Waals surface area contributed by atoms with Gasteiger partial charge in [-0.2, -0.15) is 0 Å². The molecule has 0 atom stereocenters. The second-order valence-corrected chi connectivity index (χ2v) is 12.4. The highest BCUT2D eigenvalue weighted by atomic mass is 31.2. The van der Waals surface area contributed by atoms with Crippen molar-refractivity contribution in [2.24, 2.45) is 0 Å². The van der Waals surface area contributed by atoms with Gasteiger partial charge in [0.05, 0.1) is 23.3 Å². The Morgan fingerprint density at radius 1 is 0.429 bits per heavy atom. The molecule has 5 aromatic rings. The van der Waals surface area contributed by atoms with E-state index in [1.54, 1.807) is 7.11 Å². The minimum Gasteiger partial charge on any atom is -0.497 e. The fraction of sp³-hybridized carbons (Fsp3) is 0.0323. The maximum Gasteiger partial charge on any atom is 0.119 e. The Morgan fingerprint density at radius 3 is 1.03 bits per heavy atom. The van der Waals surface area contributed by atoms with Crippen LogP contribution < -0.4 is 30.4 Å². The van der Waals surface area contributed by atoms with E-state index in [0.717, 1.165) is 5.75 Å². The summed E-state index contributed by atoms with van der Waals surface area (Å²) in [5.41, 5.74) is 1.18. The first-order valence-electron chi connectivity index (χ1n) is 11.6. The third kappa shape index (κ3) is 5.30. The van der Waals surface area contributed by atoms with Gasteiger partial charge >= 0.3 is 0 Å². The highest BCUT2D eigenvalue weighted by Crippen LogP contribution is 2.57. The van der Waals surface area contributed by atoms with E-state index >= 15 is 0 Å². The van der Waals surface area contributed by atoms with Crippen LogP contribution in [0.15, 0.2) is 146 Å². The fourth-order valence-corrected chi connectivity index (χ4v) is 10.0. The third-order valence-corrected chi connectivity index (χ3v) is 11.1. The molecular weight excluding hydrogens is 464 g/mol. The molecule has 0 amide bonds. The molecule has 0 aliphatic carbocycles. The van der Waals surface area contributed by atoms with E-state index in [4.69, 9.17) is 4.74 Å². The van der Waals surface area contributed by atoms with Crippen LogP contribution in [0.2, 0.25) is 0 Å². The molecule has 0 aliphatic rings. The quantitative estimate of drug-likeness (QED) is 0.227. The smallest absolute Gasteiger partial charge is 0.119 e. The van der Waals surface area contributed by atoms with Crippen molar-refractivity contribution in [2.45, 2.75) is 0 Å². The Labute approximate surface area is 210 Å². The summed E-state index contributed by atoms with van der Waals surface area (Å²) in [6.45, 7) is 0. The monoisotopic (exact) mass is 491 g/mol. The molecule has 0 fully saturated rings. The van der Waals surface area contributed by atoms with Crippen molar-refractivity contribution < 1.29 is 4.74 Å². The van der Waals surface area contributed by atoms with Crippen LogP contribution in [-0.4, -0.2) is 7.11 Å². The molecule has 0 bridgehead atoms. The number of methoxy groups -OCH3 is 1. The molecule has 5 aromatic carbocycles. The maximum atomic E-state index is 5.50. The number of nitrogens with zero attached hydrogens (tertiary/aromatic N) is 1. The molecule has 0 heterocycles. The summed E-state index contributed by atoms with van der Waals surface area (Å²) in [5, 5.41) is 5.29. The lowest BCUT2D eigenvalue weighted by molar-refractivity contribution is 0.415. The fourth-order valence-electron chi connectivity index (χ4n) is 4.05. The summed E-state index contributed by atoms with van der Waals surface area (Å²) in [6.07, 6.45) is 0. The van der Waals surface area contributed by atoms with Crippen LogP contribution >= 0.6 is 16.1 Å². The Kier molecular flexibility index (Phi) is 7.54. The Morgan fingerprint density at radius 2 is 0.743 bits per heavy atom. The molecule has 0 radical (unpaired) electrons. The van der Waals surface area contributed by atoms with Crippen molar-refractivity contribution in [1.82, 2.24) is 0 Å².